The zero-order valence-electron chi connectivity index (χ0n) is 8.57. The van der Waals surface area contributed by atoms with Crippen molar-refractivity contribution >= 4 is 11.0 Å². The second-order valence-corrected chi connectivity index (χ2v) is 3.48. The summed E-state index contributed by atoms with van der Waals surface area (Å²) >= 11 is 0. The van der Waals surface area contributed by atoms with Crippen LogP contribution in [0.4, 0.5) is 13.2 Å². The molecule has 0 fully saturated rings. The lowest BCUT2D eigenvalue weighted by Crippen LogP contribution is -2.16. The molecule has 7 heteroatoms. The maximum absolute atomic E-state index is 12.7. The second kappa shape index (κ2) is 3.92. The van der Waals surface area contributed by atoms with Crippen molar-refractivity contribution < 1.29 is 23.4 Å². The normalized spacial score (nSPS) is 12.2. The van der Waals surface area contributed by atoms with Gasteiger partial charge in [0.15, 0.2) is 0 Å². The first kappa shape index (κ1) is 11.7. The molecule has 4 nitrogen and oxygen atoms in total. The number of phenolic OH excluding ortho intramolecular Hbond substituents is 1. The number of halogens is 3. The van der Waals surface area contributed by atoms with E-state index in [4.69, 9.17) is 5.11 Å². The minimum Gasteiger partial charge on any atom is -0.508 e. The van der Waals surface area contributed by atoms with Gasteiger partial charge in [-0.2, -0.15) is 13.2 Å². The summed E-state index contributed by atoms with van der Waals surface area (Å²) in [4.78, 5) is 3.43. The third-order valence-electron chi connectivity index (χ3n) is 2.31. The summed E-state index contributed by atoms with van der Waals surface area (Å²) in [6.45, 7) is -0.620. The Bertz CT molecular complexity index is 548. The van der Waals surface area contributed by atoms with Gasteiger partial charge in [0, 0.05) is 12.6 Å². The zero-order valence-corrected chi connectivity index (χ0v) is 8.57. The van der Waals surface area contributed by atoms with Crippen molar-refractivity contribution in [3.05, 3.63) is 24.0 Å². The quantitative estimate of drug-likeness (QED) is 0.848. The fourth-order valence-corrected chi connectivity index (χ4v) is 1.66. The van der Waals surface area contributed by atoms with E-state index in [0.717, 1.165) is 10.6 Å². The second-order valence-electron chi connectivity index (χ2n) is 3.48. The Morgan fingerprint density at radius 3 is 2.59 bits per heavy atom. The highest BCUT2D eigenvalue weighted by Gasteiger charge is 2.37. The SMILES string of the molecule is OCCn1c(C(F)(F)F)nc2cc(O)ccc21. The van der Waals surface area contributed by atoms with Crippen molar-refractivity contribution in [2.45, 2.75) is 12.7 Å². The van der Waals surface area contributed by atoms with E-state index < -0.39 is 18.6 Å². The maximum atomic E-state index is 12.7. The molecule has 92 valence electrons. The molecular weight excluding hydrogens is 237 g/mol. The largest absolute Gasteiger partial charge is 0.508 e. The lowest BCUT2D eigenvalue weighted by molar-refractivity contribution is -0.147. The van der Waals surface area contributed by atoms with Gasteiger partial charge in [-0.15, -0.1) is 0 Å². The molecule has 0 unspecified atom stereocenters. The van der Waals surface area contributed by atoms with Crippen molar-refractivity contribution in [2.75, 3.05) is 6.61 Å². The van der Waals surface area contributed by atoms with Gasteiger partial charge in [0.1, 0.15) is 5.75 Å². The number of phenols is 1. The Kier molecular flexibility index (Phi) is 2.70. The van der Waals surface area contributed by atoms with Crippen LogP contribution in [-0.2, 0) is 12.7 Å². The predicted octanol–water partition coefficient (Wildman–Crippen LogP) is 1.75. The summed E-state index contributed by atoms with van der Waals surface area (Å²) in [6.07, 6.45) is -4.59. The number of imidazole rings is 1. The highest BCUT2D eigenvalue weighted by atomic mass is 19.4. The number of hydrogen-bond acceptors (Lipinski definition) is 3. The summed E-state index contributed by atoms with van der Waals surface area (Å²) in [5.41, 5.74) is 0.273. The average Bonchev–Trinajstić information content (AvgIpc) is 2.56. The smallest absolute Gasteiger partial charge is 0.449 e. The molecule has 17 heavy (non-hydrogen) atoms. The molecular formula is C10H9F3N2O2. The number of hydrogen-bond donors (Lipinski definition) is 2. The van der Waals surface area contributed by atoms with Crippen molar-refractivity contribution in [3.63, 3.8) is 0 Å². The molecule has 0 aliphatic carbocycles. The fourth-order valence-electron chi connectivity index (χ4n) is 1.66. The monoisotopic (exact) mass is 246 g/mol. The number of aromatic nitrogens is 2. The minimum absolute atomic E-state index is 0.0470. The topological polar surface area (TPSA) is 58.3 Å². The van der Waals surface area contributed by atoms with Gasteiger partial charge in [0.2, 0.25) is 5.82 Å². The van der Waals surface area contributed by atoms with E-state index in [0.29, 0.717) is 0 Å². The van der Waals surface area contributed by atoms with E-state index in [1.807, 2.05) is 0 Å². The molecule has 2 aromatic rings. The number of fused-ring (bicyclic) bond motifs is 1. The van der Waals surface area contributed by atoms with Crippen LogP contribution in [-0.4, -0.2) is 26.4 Å². The Balaban J connectivity index is 2.70. The summed E-state index contributed by atoms with van der Waals surface area (Å²) in [5, 5.41) is 18.0. The molecule has 1 aromatic carbocycles. The molecule has 0 aliphatic heterocycles. The highest BCUT2D eigenvalue weighted by Crippen LogP contribution is 2.32. The number of alkyl halides is 3. The molecule has 2 N–H and O–H groups in total. The standard InChI is InChI=1S/C10H9F3N2O2/c11-10(12,13)9-14-7-5-6(17)1-2-8(7)15(9)3-4-16/h1-2,5,16-17H,3-4H2. The molecule has 1 aromatic heterocycles. The van der Waals surface area contributed by atoms with Crippen LogP contribution in [0, 0.1) is 0 Å². The van der Waals surface area contributed by atoms with E-state index in [2.05, 4.69) is 4.98 Å². The van der Waals surface area contributed by atoms with Crippen LogP contribution < -0.4 is 0 Å². The fraction of sp³-hybridized carbons (Fsp3) is 0.300. The molecule has 0 radical (unpaired) electrons. The lowest BCUT2D eigenvalue weighted by atomic mass is 10.3. The van der Waals surface area contributed by atoms with Crippen LogP contribution in [0.1, 0.15) is 5.82 Å². The zero-order chi connectivity index (χ0) is 12.6. The third kappa shape index (κ3) is 2.05. The van der Waals surface area contributed by atoms with Crippen molar-refractivity contribution in [2.24, 2.45) is 0 Å². The number of rotatable bonds is 2. The molecule has 2 rings (SSSR count). The van der Waals surface area contributed by atoms with Gasteiger partial charge in [-0.25, -0.2) is 4.98 Å². The molecule has 0 amide bonds. The number of benzene rings is 1. The Labute approximate surface area is 93.9 Å². The molecule has 0 bridgehead atoms. The minimum atomic E-state index is -4.59. The van der Waals surface area contributed by atoms with Crippen LogP contribution in [0.25, 0.3) is 11.0 Å². The van der Waals surface area contributed by atoms with Crippen LogP contribution in [0.2, 0.25) is 0 Å². The molecule has 0 atom stereocenters. The van der Waals surface area contributed by atoms with Crippen molar-refractivity contribution in [1.29, 1.82) is 0 Å². The third-order valence-corrected chi connectivity index (χ3v) is 2.31. The van der Waals surface area contributed by atoms with Crippen LogP contribution in [0.5, 0.6) is 5.75 Å². The van der Waals surface area contributed by atoms with Gasteiger partial charge < -0.3 is 14.8 Å². The van der Waals surface area contributed by atoms with E-state index in [1.54, 1.807) is 0 Å². The Morgan fingerprint density at radius 2 is 2.00 bits per heavy atom. The Hall–Kier alpha value is -1.76. The van der Waals surface area contributed by atoms with Crippen molar-refractivity contribution in [3.8, 4) is 5.75 Å². The van der Waals surface area contributed by atoms with Crippen LogP contribution in [0.3, 0.4) is 0 Å². The highest BCUT2D eigenvalue weighted by molar-refractivity contribution is 5.77. The molecule has 0 aliphatic rings. The first-order valence-electron chi connectivity index (χ1n) is 4.81. The number of aliphatic hydroxyl groups excluding tert-OH is 1. The number of aliphatic hydroxyl groups is 1. The van der Waals surface area contributed by atoms with Gasteiger partial charge in [-0.1, -0.05) is 0 Å². The van der Waals surface area contributed by atoms with Gasteiger partial charge in [0.05, 0.1) is 17.6 Å². The lowest BCUT2D eigenvalue weighted by Gasteiger charge is -2.09. The van der Waals surface area contributed by atoms with Crippen LogP contribution >= 0.6 is 0 Å². The van der Waals surface area contributed by atoms with E-state index in [9.17, 15) is 18.3 Å². The molecule has 0 spiro atoms. The van der Waals surface area contributed by atoms with Crippen LogP contribution in [0.15, 0.2) is 18.2 Å². The summed E-state index contributed by atoms with van der Waals surface area (Å²) in [7, 11) is 0. The summed E-state index contributed by atoms with van der Waals surface area (Å²) in [5.74, 6) is -1.23. The summed E-state index contributed by atoms with van der Waals surface area (Å²) in [6, 6.07) is 3.76. The van der Waals surface area contributed by atoms with Gasteiger partial charge in [-0.3, -0.25) is 0 Å². The van der Waals surface area contributed by atoms with E-state index in [-0.39, 0.29) is 23.3 Å². The summed E-state index contributed by atoms with van der Waals surface area (Å²) < 4.78 is 38.9. The number of nitrogens with zero attached hydrogens (tertiary/aromatic N) is 2. The molecule has 1 heterocycles. The first-order valence-corrected chi connectivity index (χ1v) is 4.81. The molecule has 0 saturated heterocycles. The molecule has 0 saturated carbocycles. The van der Waals surface area contributed by atoms with Crippen molar-refractivity contribution in [1.82, 2.24) is 9.55 Å². The van der Waals surface area contributed by atoms with Gasteiger partial charge >= 0.3 is 6.18 Å². The Morgan fingerprint density at radius 1 is 1.29 bits per heavy atom. The van der Waals surface area contributed by atoms with E-state index in [1.165, 1.54) is 12.1 Å². The first-order chi connectivity index (χ1) is 7.93. The van der Waals surface area contributed by atoms with Gasteiger partial charge in [-0.05, 0) is 12.1 Å². The maximum Gasteiger partial charge on any atom is 0.449 e. The van der Waals surface area contributed by atoms with Gasteiger partial charge in [0.25, 0.3) is 0 Å². The van der Waals surface area contributed by atoms with E-state index >= 15 is 0 Å². The predicted molar refractivity (Wildman–Crippen MR) is 53.5 cm³/mol. The average molecular weight is 246 g/mol. The number of aromatic hydroxyl groups is 1.